The van der Waals surface area contributed by atoms with Crippen LogP contribution < -0.4 is 10.6 Å². The monoisotopic (exact) mass is 523 g/mol. The molecule has 0 bridgehead atoms. The molecule has 0 radical (unpaired) electrons. The van der Waals surface area contributed by atoms with Gasteiger partial charge < -0.3 is 15.5 Å². The summed E-state index contributed by atoms with van der Waals surface area (Å²) in [6, 6.07) is 24.9. The number of urea groups is 1. The van der Waals surface area contributed by atoms with Crippen LogP contribution in [0.5, 0.6) is 0 Å². The van der Waals surface area contributed by atoms with E-state index in [1.165, 1.54) is 4.90 Å². The van der Waals surface area contributed by atoms with E-state index in [1.807, 2.05) is 93.6 Å². The van der Waals surface area contributed by atoms with Crippen LogP contribution in [0.1, 0.15) is 48.7 Å². The molecule has 0 aliphatic carbocycles. The molecule has 2 N–H and O–H groups in total. The molecule has 0 unspecified atom stereocenters. The Balaban J connectivity index is 1.61. The zero-order chi connectivity index (χ0) is 28.2. The van der Waals surface area contributed by atoms with Crippen molar-refractivity contribution in [3.05, 3.63) is 107 Å². The SMILES string of the molecule is Cc1ccc(-n2nc(C(C)(C)C)cc2NC(=O)CN(Cc2ccccc2)C(=O)Nc2ccccc2C)c(C)c1. The van der Waals surface area contributed by atoms with Gasteiger partial charge in [-0.25, -0.2) is 9.48 Å². The molecule has 39 heavy (non-hydrogen) atoms. The lowest BCUT2D eigenvalue weighted by molar-refractivity contribution is -0.116. The summed E-state index contributed by atoms with van der Waals surface area (Å²) in [4.78, 5) is 28.3. The highest BCUT2D eigenvalue weighted by atomic mass is 16.2. The van der Waals surface area contributed by atoms with E-state index >= 15 is 0 Å². The molecule has 1 aromatic heterocycles. The van der Waals surface area contributed by atoms with E-state index in [9.17, 15) is 9.59 Å². The van der Waals surface area contributed by atoms with Crippen molar-refractivity contribution in [2.24, 2.45) is 0 Å². The number of amides is 3. The summed E-state index contributed by atoms with van der Waals surface area (Å²) < 4.78 is 1.78. The quantitative estimate of drug-likeness (QED) is 0.281. The van der Waals surface area contributed by atoms with Crippen LogP contribution >= 0.6 is 0 Å². The van der Waals surface area contributed by atoms with E-state index in [2.05, 4.69) is 37.5 Å². The number of carbonyl (C=O) groups is 2. The maximum atomic E-state index is 13.4. The number of aromatic nitrogens is 2. The number of nitrogens with zero attached hydrogens (tertiary/aromatic N) is 3. The van der Waals surface area contributed by atoms with Crippen molar-refractivity contribution in [3.63, 3.8) is 0 Å². The van der Waals surface area contributed by atoms with Gasteiger partial charge in [-0.3, -0.25) is 4.79 Å². The van der Waals surface area contributed by atoms with E-state index in [1.54, 1.807) is 4.68 Å². The Bertz CT molecular complexity index is 1470. The molecule has 1 heterocycles. The highest BCUT2D eigenvalue weighted by Crippen LogP contribution is 2.28. The van der Waals surface area contributed by atoms with Gasteiger partial charge >= 0.3 is 6.03 Å². The molecule has 0 fully saturated rings. The Morgan fingerprint density at radius 2 is 1.54 bits per heavy atom. The maximum Gasteiger partial charge on any atom is 0.322 e. The van der Waals surface area contributed by atoms with Crippen LogP contribution in [0.2, 0.25) is 0 Å². The first-order chi connectivity index (χ1) is 18.5. The maximum absolute atomic E-state index is 13.4. The first-order valence-electron chi connectivity index (χ1n) is 13.1. The normalized spacial score (nSPS) is 11.2. The van der Waals surface area contributed by atoms with Crippen molar-refractivity contribution in [2.75, 3.05) is 17.2 Å². The second-order valence-corrected chi connectivity index (χ2v) is 11.0. The fourth-order valence-corrected chi connectivity index (χ4v) is 4.33. The number of hydrogen-bond donors (Lipinski definition) is 2. The van der Waals surface area contributed by atoms with Gasteiger partial charge in [-0.15, -0.1) is 0 Å². The molecule has 4 rings (SSSR count). The van der Waals surface area contributed by atoms with Gasteiger partial charge in [-0.1, -0.05) is 87.0 Å². The third kappa shape index (κ3) is 6.93. The molecule has 7 nitrogen and oxygen atoms in total. The van der Waals surface area contributed by atoms with Crippen LogP contribution in [-0.2, 0) is 16.8 Å². The summed E-state index contributed by atoms with van der Waals surface area (Å²) in [6.45, 7) is 12.4. The van der Waals surface area contributed by atoms with Crippen LogP contribution in [0, 0.1) is 20.8 Å². The Hall–Kier alpha value is -4.39. The molecule has 3 amide bonds. The third-order valence-corrected chi connectivity index (χ3v) is 6.55. The fraction of sp³-hybridized carbons (Fsp3) is 0.281. The standard InChI is InChI=1S/C32H37N5O2/c1-22-16-17-27(24(3)18-22)37-29(19-28(35-37)32(4,5)6)34-30(38)21-36(20-25-13-8-7-9-14-25)31(39)33-26-15-11-10-12-23(26)2/h7-19H,20-21H2,1-6H3,(H,33,39)(H,34,38). The number of anilines is 2. The smallest absolute Gasteiger partial charge is 0.311 e. The minimum Gasteiger partial charge on any atom is -0.311 e. The molecule has 0 aliphatic heterocycles. The van der Waals surface area contributed by atoms with Crippen LogP contribution in [0.15, 0.2) is 78.9 Å². The number of aryl methyl sites for hydroxylation is 3. The predicted molar refractivity (Wildman–Crippen MR) is 157 cm³/mol. The molecular weight excluding hydrogens is 486 g/mol. The molecule has 0 spiro atoms. The summed E-state index contributed by atoms with van der Waals surface area (Å²) in [5, 5.41) is 10.8. The molecule has 7 heteroatoms. The lowest BCUT2D eigenvalue weighted by Gasteiger charge is -2.23. The van der Waals surface area contributed by atoms with Crippen LogP contribution in [0.3, 0.4) is 0 Å². The van der Waals surface area contributed by atoms with Crippen molar-refractivity contribution < 1.29 is 9.59 Å². The highest BCUT2D eigenvalue weighted by Gasteiger charge is 2.24. The Morgan fingerprint density at radius 1 is 0.846 bits per heavy atom. The largest absolute Gasteiger partial charge is 0.322 e. The van der Waals surface area contributed by atoms with Gasteiger partial charge in [0.25, 0.3) is 0 Å². The molecule has 0 atom stereocenters. The lowest BCUT2D eigenvalue weighted by Crippen LogP contribution is -2.40. The summed E-state index contributed by atoms with van der Waals surface area (Å²) >= 11 is 0. The van der Waals surface area contributed by atoms with E-state index in [0.717, 1.165) is 33.6 Å². The summed E-state index contributed by atoms with van der Waals surface area (Å²) in [7, 11) is 0. The van der Waals surface area contributed by atoms with Gasteiger partial charge in [-0.2, -0.15) is 5.10 Å². The van der Waals surface area contributed by atoms with Crippen molar-refractivity contribution >= 4 is 23.4 Å². The Labute approximate surface area is 230 Å². The third-order valence-electron chi connectivity index (χ3n) is 6.55. The van der Waals surface area contributed by atoms with E-state index in [0.29, 0.717) is 11.5 Å². The second kappa shape index (κ2) is 11.6. The lowest BCUT2D eigenvalue weighted by atomic mass is 9.92. The average Bonchev–Trinajstić information content (AvgIpc) is 3.29. The predicted octanol–water partition coefficient (Wildman–Crippen LogP) is 6.77. The number of rotatable bonds is 7. The molecule has 4 aromatic rings. The van der Waals surface area contributed by atoms with Crippen LogP contribution in [0.25, 0.3) is 5.69 Å². The van der Waals surface area contributed by atoms with E-state index in [-0.39, 0.29) is 30.4 Å². The zero-order valence-corrected chi connectivity index (χ0v) is 23.6. The van der Waals surface area contributed by atoms with Gasteiger partial charge in [0.15, 0.2) is 0 Å². The number of carbonyl (C=O) groups excluding carboxylic acids is 2. The minimum absolute atomic E-state index is 0.129. The van der Waals surface area contributed by atoms with Gasteiger partial charge in [0.1, 0.15) is 12.4 Å². The summed E-state index contributed by atoms with van der Waals surface area (Å²) in [5.74, 6) is 0.257. The van der Waals surface area contributed by atoms with Crippen molar-refractivity contribution in [1.29, 1.82) is 0 Å². The topological polar surface area (TPSA) is 79.3 Å². The van der Waals surface area contributed by atoms with E-state index < -0.39 is 0 Å². The van der Waals surface area contributed by atoms with Gasteiger partial charge in [-0.05, 0) is 49.6 Å². The van der Waals surface area contributed by atoms with Crippen LogP contribution in [0.4, 0.5) is 16.3 Å². The Morgan fingerprint density at radius 3 is 2.21 bits per heavy atom. The van der Waals surface area contributed by atoms with E-state index in [4.69, 9.17) is 5.10 Å². The summed E-state index contributed by atoms with van der Waals surface area (Å²) in [6.07, 6.45) is 0. The molecule has 0 saturated carbocycles. The fourth-order valence-electron chi connectivity index (χ4n) is 4.33. The molecule has 0 aliphatic rings. The van der Waals surface area contributed by atoms with Crippen LogP contribution in [-0.4, -0.2) is 33.2 Å². The Kier molecular flexibility index (Phi) is 8.19. The summed E-state index contributed by atoms with van der Waals surface area (Å²) in [5.41, 5.74) is 6.34. The first-order valence-corrected chi connectivity index (χ1v) is 13.1. The van der Waals surface area contributed by atoms with Crippen molar-refractivity contribution in [3.8, 4) is 5.69 Å². The molecule has 3 aromatic carbocycles. The molecule has 0 saturated heterocycles. The number of nitrogens with one attached hydrogen (secondary N) is 2. The second-order valence-electron chi connectivity index (χ2n) is 11.0. The number of hydrogen-bond acceptors (Lipinski definition) is 3. The zero-order valence-electron chi connectivity index (χ0n) is 23.6. The number of para-hydroxylation sites is 1. The van der Waals surface area contributed by atoms with Gasteiger partial charge in [0.2, 0.25) is 5.91 Å². The average molecular weight is 524 g/mol. The first kappa shape index (κ1) is 27.6. The molecular formula is C32H37N5O2. The number of benzene rings is 3. The highest BCUT2D eigenvalue weighted by molar-refractivity contribution is 5.97. The minimum atomic E-state index is -0.346. The van der Waals surface area contributed by atoms with Gasteiger partial charge in [0.05, 0.1) is 11.4 Å². The molecule has 202 valence electrons. The van der Waals surface area contributed by atoms with Gasteiger partial charge in [0, 0.05) is 23.7 Å². The van der Waals surface area contributed by atoms with Crippen molar-refractivity contribution in [1.82, 2.24) is 14.7 Å². The van der Waals surface area contributed by atoms with Crippen molar-refractivity contribution in [2.45, 2.75) is 53.5 Å².